The molecule has 1 aliphatic rings. The van der Waals surface area contributed by atoms with E-state index in [9.17, 15) is 4.79 Å². The van der Waals surface area contributed by atoms with Crippen molar-refractivity contribution in [3.63, 3.8) is 0 Å². The lowest BCUT2D eigenvalue weighted by molar-refractivity contribution is 0.0948. The van der Waals surface area contributed by atoms with Gasteiger partial charge in [0.2, 0.25) is 0 Å². The second kappa shape index (κ2) is 6.92. The summed E-state index contributed by atoms with van der Waals surface area (Å²) < 4.78 is 0. The van der Waals surface area contributed by atoms with Crippen molar-refractivity contribution in [2.75, 3.05) is 13.2 Å². The molecule has 0 aromatic carbocycles. The van der Waals surface area contributed by atoms with Crippen molar-refractivity contribution >= 4 is 17.2 Å². The van der Waals surface area contributed by atoms with E-state index in [0.29, 0.717) is 16.7 Å². The maximum absolute atomic E-state index is 12.1. The smallest absolute Gasteiger partial charge is 0.261 e. The fourth-order valence-electron chi connectivity index (χ4n) is 2.31. The van der Waals surface area contributed by atoms with Crippen LogP contribution in [0.25, 0.3) is 0 Å². The van der Waals surface area contributed by atoms with E-state index in [1.54, 1.807) is 0 Å². The largest absolute Gasteiger partial charge is 0.395 e. The summed E-state index contributed by atoms with van der Waals surface area (Å²) in [6.45, 7) is 3.06. The number of carbonyl (C=O) groups is 1. The van der Waals surface area contributed by atoms with Gasteiger partial charge in [0.05, 0.1) is 16.4 Å². The van der Waals surface area contributed by atoms with Gasteiger partial charge in [0, 0.05) is 13.0 Å². The first-order valence-electron chi connectivity index (χ1n) is 7.17. The second-order valence-electron chi connectivity index (χ2n) is 5.37. The van der Waals surface area contributed by atoms with Gasteiger partial charge in [-0.3, -0.25) is 4.79 Å². The summed E-state index contributed by atoms with van der Waals surface area (Å²) in [5, 5.41) is 11.7. The highest BCUT2D eigenvalue weighted by molar-refractivity contribution is 7.14. The Hall–Kier alpha value is -1.31. The molecule has 1 aromatic rings. The van der Waals surface area contributed by atoms with Crippen LogP contribution in [-0.2, 0) is 0 Å². The van der Waals surface area contributed by atoms with Crippen LogP contribution in [0.2, 0.25) is 0 Å². The summed E-state index contributed by atoms with van der Waals surface area (Å²) in [6.07, 6.45) is 5.33. The molecule has 2 N–H and O–H groups in total. The molecule has 0 saturated heterocycles. The lowest BCUT2D eigenvalue weighted by Gasteiger charge is -2.14. The molecule has 1 heterocycles. The van der Waals surface area contributed by atoms with Gasteiger partial charge in [-0.1, -0.05) is 25.2 Å². The molecule has 108 valence electrons. The zero-order valence-corrected chi connectivity index (χ0v) is 12.7. The third kappa shape index (κ3) is 4.09. The highest BCUT2D eigenvalue weighted by atomic mass is 32.1. The van der Waals surface area contributed by atoms with E-state index in [-0.39, 0.29) is 12.5 Å². The molecular weight excluding hydrogens is 270 g/mol. The fourth-order valence-corrected chi connectivity index (χ4v) is 3.11. The number of hydrogen-bond acceptors (Lipinski definition) is 3. The molecule has 1 aliphatic carbocycles. The van der Waals surface area contributed by atoms with Crippen LogP contribution in [0.3, 0.4) is 0 Å². The van der Waals surface area contributed by atoms with Crippen LogP contribution in [0.4, 0.5) is 0 Å². The number of aliphatic hydroxyl groups excluding tert-OH is 1. The van der Waals surface area contributed by atoms with Crippen LogP contribution in [0.5, 0.6) is 0 Å². The molecule has 2 rings (SSSR count). The molecule has 0 spiro atoms. The Morgan fingerprint density at radius 3 is 2.95 bits per heavy atom. The van der Waals surface area contributed by atoms with Gasteiger partial charge in [0.25, 0.3) is 5.91 Å². The lowest BCUT2D eigenvalue weighted by Crippen LogP contribution is -2.29. The van der Waals surface area contributed by atoms with Crippen molar-refractivity contribution in [1.29, 1.82) is 0 Å². The molecular formula is C16H21NO2S. The number of hydrogen-bond donors (Lipinski definition) is 2. The van der Waals surface area contributed by atoms with Gasteiger partial charge in [-0.25, -0.2) is 0 Å². The van der Waals surface area contributed by atoms with E-state index < -0.39 is 0 Å². The van der Waals surface area contributed by atoms with Crippen LogP contribution in [-0.4, -0.2) is 24.2 Å². The Morgan fingerprint density at radius 1 is 1.50 bits per heavy atom. The molecule has 0 atom stereocenters. The molecule has 1 aromatic heterocycles. The van der Waals surface area contributed by atoms with E-state index >= 15 is 0 Å². The molecule has 3 nitrogen and oxygen atoms in total. The Labute approximate surface area is 124 Å². The lowest BCUT2D eigenvalue weighted by atomic mass is 10.0. The molecule has 1 fully saturated rings. The number of carbonyl (C=O) groups excluding carboxylic acids is 1. The van der Waals surface area contributed by atoms with Gasteiger partial charge >= 0.3 is 0 Å². The summed E-state index contributed by atoms with van der Waals surface area (Å²) in [7, 11) is 0. The number of amides is 1. The molecule has 1 saturated carbocycles. The van der Waals surface area contributed by atoms with Crippen LogP contribution < -0.4 is 5.32 Å². The third-order valence-corrected chi connectivity index (χ3v) is 4.64. The second-order valence-corrected chi connectivity index (χ2v) is 6.46. The van der Waals surface area contributed by atoms with E-state index in [1.165, 1.54) is 37.0 Å². The zero-order valence-electron chi connectivity index (χ0n) is 11.9. The Morgan fingerprint density at radius 2 is 2.30 bits per heavy atom. The van der Waals surface area contributed by atoms with Crippen molar-refractivity contribution < 1.29 is 9.90 Å². The number of aliphatic hydroxyl groups is 1. The maximum Gasteiger partial charge on any atom is 0.261 e. The minimum atomic E-state index is 0.00702. The molecule has 0 bridgehead atoms. The minimum absolute atomic E-state index is 0.00702. The van der Waals surface area contributed by atoms with E-state index in [0.717, 1.165) is 11.4 Å². The standard InChI is InChI=1S/C16H21NO2S/c1-2-8-16(9-10-16)12-17-15(19)14-7-6-13(20-14)5-3-4-11-18/h6-7,18H,2,4,8-12H2,1H3,(H,17,19). The van der Waals surface area contributed by atoms with Crippen LogP contribution in [0, 0.1) is 17.3 Å². The zero-order chi connectivity index (χ0) is 14.4. The molecule has 20 heavy (non-hydrogen) atoms. The monoisotopic (exact) mass is 291 g/mol. The predicted molar refractivity (Wildman–Crippen MR) is 81.8 cm³/mol. The summed E-state index contributed by atoms with van der Waals surface area (Å²) in [4.78, 5) is 13.7. The van der Waals surface area contributed by atoms with Crippen molar-refractivity contribution in [2.45, 2.75) is 39.0 Å². The van der Waals surface area contributed by atoms with Crippen molar-refractivity contribution in [1.82, 2.24) is 5.32 Å². The Balaban J connectivity index is 1.86. The molecule has 1 amide bonds. The number of nitrogens with one attached hydrogen (secondary N) is 1. The van der Waals surface area contributed by atoms with Gasteiger partial charge in [-0.2, -0.15) is 0 Å². The summed E-state index contributed by atoms with van der Waals surface area (Å²) >= 11 is 1.41. The van der Waals surface area contributed by atoms with Crippen LogP contribution in [0.15, 0.2) is 12.1 Å². The summed E-state index contributed by atoms with van der Waals surface area (Å²) in [5.41, 5.74) is 0.380. The minimum Gasteiger partial charge on any atom is -0.395 e. The Kier molecular flexibility index (Phi) is 5.22. The number of thiophene rings is 1. The topological polar surface area (TPSA) is 49.3 Å². The first kappa shape index (κ1) is 15.1. The normalized spacial score (nSPS) is 15.3. The summed E-state index contributed by atoms with van der Waals surface area (Å²) in [6, 6.07) is 3.69. The van der Waals surface area contributed by atoms with Crippen molar-refractivity contribution in [3.8, 4) is 11.8 Å². The average Bonchev–Trinajstić information content (AvgIpc) is 3.04. The molecule has 0 radical (unpaired) electrons. The van der Waals surface area contributed by atoms with Gasteiger partial charge in [0.15, 0.2) is 0 Å². The van der Waals surface area contributed by atoms with E-state index in [2.05, 4.69) is 24.1 Å². The van der Waals surface area contributed by atoms with Gasteiger partial charge < -0.3 is 10.4 Å². The SMILES string of the molecule is CCCC1(CNC(=O)c2ccc(C#CCCO)s2)CC1. The Bertz CT molecular complexity index is 520. The van der Waals surface area contributed by atoms with Crippen LogP contribution in [0.1, 0.15) is 53.6 Å². The van der Waals surface area contributed by atoms with Gasteiger partial charge in [-0.15, -0.1) is 11.3 Å². The van der Waals surface area contributed by atoms with Gasteiger partial charge in [-0.05, 0) is 36.8 Å². The number of rotatable bonds is 6. The molecule has 0 unspecified atom stereocenters. The first-order chi connectivity index (χ1) is 9.69. The average molecular weight is 291 g/mol. The van der Waals surface area contributed by atoms with Crippen molar-refractivity contribution in [2.24, 2.45) is 5.41 Å². The molecule has 4 heteroatoms. The quantitative estimate of drug-likeness (QED) is 0.792. The highest BCUT2D eigenvalue weighted by Gasteiger charge is 2.41. The maximum atomic E-state index is 12.1. The van der Waals surface area contributed by atoms with E-state index in [1.807, 2.05) is 12.1 Å². The molecule has 0 aliphatic heterocycles. The summed E-state index contributed by atoms with van der Waals surface area (Å²) in [5.74, 6) is 5.83. The highest BCUT2D eigenvalue weighted by Crippen LogP contribution is 2.48. The van der Waals surface area contributed by atoms with E-state index in [4.69, 9.17) is 5.11 Å². The predicted octanol–water partition coefficient (Wildman–Crippen LogP) is 2.79. The third-order valence-electron chi connectivity index (χ3n) is 3.64. The van der Waals surface area contributed by atoms with Gasteiger partial charge in [0.1, 0.15) is 0 Å². The fraction of sp³-hybridized carbons (Fsp3) is 0.562. The van der Waals surface area contributed by atoms with Crippen molar-refractivity contribution in [3.05, 3.63) is 21.9 Å². The first-order valence-corrected chi connectivity index (χ1v) is 7.98. The van der Waals surface area contributed by atoms with Crippen LogP contribution >= 0.6 is 11.3 Å².